The zero-order valence-electron chi connectivity index (χ0n) is 46.2. The molecule has 4 N–H and O–H groups in total. The van der Waals surface area contributed by atoms with Gasteiger partial charge in [0.15, 0.2) is 0 Å². The standard InChI is InChI=1S/C74H48N10/c1-35-41-19-11-23-45-53-31-27-49-67(75-53)68-50(28-32-54(76-68)46-24-12-20-42-36(2)60(80-64(42)46)57(59(35)79-63(41)45)39-15-7-5-8-16-39)72-71(49)83-73-51-29-33-55-47-25-13-21-43-37(3)61(81-65(43)47)58(40-17-9-6-10-18-40)62-38(4)44-22-14-26-48(66(44)82-62)56-34-30-52(74(73)84-72)70(78-56)69(51)77-55/h5-34,57-58,79-82H,1-4H3. The minimum absolute atomic E-state index is 0.0952. The van der Waals surface area contributed by atoms with E-state index in [0.717, 1.165) is 177 Å². The van der Waals surface area contributed by atoms with Gasteiger partial charge in [-0.3, -0.25) is 0 Å². The predicted octanol–water partition coefficient (Wildman–Crippen LogP) is 17.8. The van der Waals surface area contributed by atoms with Gasteiger partial charge in [-0.2, -0.15) is 0 Å². The number of aryl methyl sites for hydroxylation is 4. The lowest BCUT2D eigenvalue weighted by Gasteiger charge is -2.18. The topological polar surface area (TPSA) is 140 Å². The van der Waals surface area contributed by atoms with E-state index in [-0.39, 0.29) is 11.8 Å². The highest BCUT2D eigenvalue weighted by atomic mass is 14.9. The van der Waals surface area contributed by atoms with Crippen molar-refractivity contribution in [2.75, 3.05) is 0 Å². The first-order valence-corrected chi connectivity index (χ1v) is 28.9. The largest absolute Gasteiger partial charge is 0.357 e. The van der Waals surface area contributed by atoms with Crippen LogP contribution in [0.3, 0.4) is 0 Å². The van der Waals surface area contributed by atoms with E-state index >= 15 is 0 Å². The van der Waals surface area contributed by atoms with Gasteiger partial charge in [-0.15, -0.1) is 0 Å². The fraction of sp³-hybridized carbons (Fsp3) is 0.0811. The fourth-order valence-corrected chi connectivity index (χ4v) is 14.9. The molecule has 0 radical (unpaired) electrons. The minimum Gasteiger partial charge on any atom is -0.357 e. The highest BCUT2D eigenvalue weighted by Crippen LogP contribution is 2.47. The molecule has 0 saturated carbocycles. The molecule has 11 heterocycles. The van der Waals surface area contributed by atoms with Crippen LogP contribution in [-0.2, 0) is 0 Å². The van der Waals surface area contributed by atoms with Crippen LogP contribution in [0.1, 0.15) is 68.0 Å². The van der Waals surface area contributed by atoms with Crippen molar-refractivity contribution in [2.45, 2.75) is 39.5 Å². The van der Waals surface area contributed by atoms with E-state index < -0.39 is 0 Å². The van der Waals surface area contributed by atoms with Crippen molar-refractivity contribution in [3.63, 3.8) is 0 Å². The monoisotopic (exact) mass is 1080 g/mol. The summed E-state index contributed by atoms with van der Waals surface area (Å²) in [5.41, 5.74) is 29.5. The van der Waals surface area contributed by atoms with E-state index in [0.29, 0.717) is 0 Å². The van der Waals surface area contributed by atoms with Gasteiger partial charge in [0.1, 0.15) is 0 Å². The molecule has 0 fully saturated rings. The molecule has 0 amide bonds. The number of hydrogen-bond donors (Lipinski definition) is 4. The summed E-state index contributed by atoms with van der Waals surface area (Å²) in [6.45, 7) is 8.99. The maximum absolute atomic E-state index is 5.78. The van der Waals surface area contributed by atoms with Crippen LogP contribution in [0.25, 0.3) is 154 Å². The van der Waals surface area contributed by atoms with E-state index in [4.69, 9.17) is 29.9 Å². The first kappa shape index (κ1) is 45.8. The Hall–Kier alpha value is -10.8. The highest BCUT2D eigenvalue weighted by molar-refractivity contribution is 6.27. The Morgan fingerprint density at radius 3 is 0.750 bits per heavy atom. The number of hydrogen-bond acceptors (Lipinski definition) is 6. The second kappa shape index (κ2) is 16.4. The summed E-state index contributed by atoms with van der Waals surface area (Å²) in [5, 5.41) is 8.11. The van der Waals surface area contributed by atoms with Crippen LogP contribution in [0.15, 0.2) is 182 Å². The van der Waals surface area contributed by atoms with Gasteiger partial charge in [0.25, 0.3) is 0 Å². The average molecular weight is 1080 g/mol. The lowest BCUT2D eigenvalue weighted by atomic mass is 9.88. The zero-order valence-corrected chi connectivity index (χ0v) is 46.2. The maximum atomic E-state index is 5.78. The molecule has 84 heavy (non-hydrogen) atoms. The molecule has 2 aliphatic heterocycles. The third kappa shape index (κ3) is 6.02. The average Bonchev–Trinajstić information content (AvgIpc) is 1.60. The van der Waals surface area contributed by atoms with Gasteiger partial charge in [0.05, 0.1) is 101 Å². The number of para-hydroxylation sites is 4. The maximum Gasteiger partial charge on any atom is 0.0996 e. The summed E-state index contributed by atoms with van der Waals surface area (Å²) in [4.78, 5) is 50.4. The molecule has 19 rings (SSSR count). The van der Waals surface area contributed by atoms with Gasteiger partial charge < -0.3 is 19.9 Å². The van der Waals surface area contributed by atoms with E-state index in [2.05, 4.69) is 230 Å². The van der Waals surface area contributed by atoms with Gasteiger partial charge in [0, 0.05) is 88.1 Å². The van der Waals surface area contributed by atoms with Crippen molar-refractivity contribution in [3.8, 4) is 45.0 Å². The molecule has 0 saturated heterocycles. The Labute approximate surface area is 479 Å². The molecular weight excluding hydrogens is 1030 g/mol. The number of aromatic nitrogens is 10. The van der Waals surface area contributed by atoms with Gasteiger partial charge in [-0.1, -0.05) is 133 Å². The Morgan fingerprint density at radius 1 is 0.238 bits per heavy atom. The number of H-pyrrole nitrogens is 4. The number of nitrogens with one attached hydrogen (secondary N) is 4. The van der Waals surface area contributed by atoms with Crippen LogP contribution in [0.4, 0.5) is 0 Å². The number of benzene rings is 8. The molecule has 0 unspecified atom stereocenters. The molecule has 9 aromatic heterocycles. The van der Waals surface area contributed by atoms with Crippen molar-refractivity contribution >= 4 is 109 Å². The van der Waals surface area contributed by atoms with Crippen molar-refractivity contribution < 1.29 is 0 Å². The normalized spacial score (nSPS) is 13.4. The Morgan fingerprint density at radius 2 is 0.488 bits per heavy atom. The molecule has 10 heteroatoms. The van der Waals surface area contributed by atoms with Crippen molar-refractivity contribution in [1.29, 1.82) is 0 Å². The van der Waals surface area contributed by atoms with E-state index in [1.54, 1.807) is 0 Å². The second-order valence-corrected chi connectivity index (χ2v) is 23.2. The van der Waals surface area contributed by atoms with Crippen molar-refractivity contribution in [3.05, 3.63) is 238 Å². The highest BCUT2D eigenvalue weighted by Gasteiger charge is 2.31. The van der Waals surface area contributed by atoms with Gasteiger partial charge in [-0.05, 0) is 110 Å². The first-order valence-electron chi connectivity index (χ1n) is 28.9. The van der Waals surface area contributed by atoms with Crippen LogP contribution in [0.2, 0.25) is 0 Å². The molecule has 16 bridgehead atoms. The summed E-state index contributed by atoms with van der Waals surface area (Å²) in [6, 6.07) is 65.2. The van der Waals surface area contributed by atoms with Crippen LogP contribution in [0.5, 0.6) is 0 Å². The molecule has 0 aliphatic carbocycles. The molecule has 10 nitrogen and oxygen atoms in total. The number of nitrogens with zero attached hydrogens (tertiary/aromatic N) is 6. The quantitative estimate of drug-likeness (QED) is 0.100. The molecule has 0 atom stereocenters. The molecule has 17 aromatic rings. The molecule has 0 spiro atoms. The van der Waals surface area contributed by atoms with Crippen molar-refractivity contribution in [1.82, 2.24) is 49.8 Å². The number of aromatic amines is 4. The van der Waals surface area contributed by atoms with Crippen LogP contribution < -0.4 is 0 Å². The summed E-state index contributed by atoms with van der Waals surface area (Å²) in [7, 11) is 0. The van der Waals surface area contributed by atoms with Crippen LogP contribution in [0, 0.1) is 27.7 Å². The Kier molecular flexibility index (Phi) is 8.96. The summed E-state index contributed by atoms with van der Waals surface area (Å²) in [6.07, 6.45) is 0. The first-order chi connectivity index (χ1) is 41.3. The zero-order chi connectivity index (χ0) is 55.4. The second-order valence-electron chi connectivity index (χ2n) is 23.2. The van der Waals surface area contributed by atoms with Gasteiger partial charge >= 0.3 is 0 Å². The van der Waals surface area contributed by atoms with E-state index in [1.165, 1.54) is 33.4 Å². The van der Waals surface area contributed by atoms with Gasteiger partial charge in [0.2, 0.25) is 0 Å². The van der Waals surface area contributed by atoms with Crippen LogP contribution >= 0.6 is 0 Å². The summed E-state index contributed by atoms with van der Waals surface area (Å²) < 4.78 is 0. The lowest BCUT2D eigenvalue weighted by molar-refractivity contribution is 0.887. The third-order valence-electron chi connectivity index (χ3n) is 19.0. The molecule has 394 valence electrons. The number of fused-ring (bicyclic) bond motifs is 18. The predicted molar refractivity (Wildman–Crippen MR) is 341 cm³/mol. The SMILES string of the molecule is Cc1c2[nH]c3c(cccc13)-c1ccc3c(n1)c1nc(ccc1c1nc4c5ccc6nc5c5nc(ccc5c4nc31)-c1cccc3c(C)c([nH]c13)C(c1ccccc1)c1[nH]c3c-6cccc3c1C)-c1cccc3c(C)c([nH]c13)C2c1ccccc1. The van der Waals surface area contributed by atoms with Crippen LogP contribution in [-0.4, -0.2) is 49.8 Å². The molecular formula is C74H48N10. The Balaban J connectivity index is 0.917. The van der Waals surface area contributed by atoms with E-state index in [9.17, 15) is 0 Å². The van der Waals surface area contributed by atoms with Crippen molar-refractivity contribution in [2.24, 2.45) is 0 Å². The minimum atomic E-state index is -0.0952. The Bertz CT molecular complexity index is 5130. The molecule has 8 aromatic carbocycles. The third-order valence-corrected chi connectivity index (χ3v) is 19.0. The smallest absolute Gasteiger partial charge is 0.0996 e. The summed E-state index contributed by atoms with van der Waals surface area (Å²) in [5.74, 6) is -0.190. The lowest BCUT2D eigenvalue weighted by Crippen LogP contribution is -2.07. The number of rotatable bonds is 2. The fourth-order valence-electron chi connectivity index (χ4n) is 14.9. The van der Waals surface area contributed by atoms with E-state index in [1.807, 2.05) is 0 Å². The van der Waals surface area contributed by atoms with Gasteiger partial charge in [-0.25, -0.2) is 29.9 Å². The number of pyridine rings is 4. The molecule has 2 aliphatic rings. The summed E-state index contributed by atoms with van der Waals surface area (Å²) >= 11 is 0.